The Kier molecular flexibility index (Phi) is 4.05. The summed E-state index contributed by atoms with van der Waals surface area (Å²) >= 11 is 0. The van der Waals surface area contributed by atoms with Gasteiger partial charge < -0.3 is 0 Å². The smallest absolute Gasteiger partial charge is 0.0991 e. The van der Waals surface area contributed by atoms with Crippen molar-refractivity contribution in [2.45, 2.75) is 32.6 Å². The molecule has 1 aromatic rings. The van der Waals surface area contributed by atoms with Crippen LogP contribution in [0.15, 0.2) is 24.3 Å². The molecule has 13 heavy (non-hydrogen) atoms. The molecule has 1 nitrogen and oxygen atoms in total. The molecular formula is C12H15N. The van der Waals surface area contributed by atoms with Crippen molar-refractivity contribution in [3.05, 3.63) is 35.4 Å². The molecular weight excluding hydrogens is 158 g/mol. The standard InChI is InChI=1S/C12H15N/c1-2-3-4-5-11-6-8-12(10-13)9-7-11/h6-9H,2-5H2,1H3. The van der Waals surface area contributed by atoms with Crippen molar-refractivity contribution in [3.63, 3.8) is 0 Å². The highest BCUT2D eigenvalue weighted by molar-refractivity contribution is 5.31. The molecule has 0 saturated heterocycles. The molecule has 0 aliphatic carbocycles. The fourth-order valence-corrected chi connectivity index (χ4v) is 1.33. The predicted octanol–water partition coefficient (Wildman–Crippen LogP) is 3.29. The minimum atomic E-state index is 0.749. The molecule has 0 aliphatic heterocycles. The van der Waals surface area contributed by atoms with E-state index in [0.29, 0.717) is 0 Å². The maximum atomic E-state index is 8.59. The normalized spacial score (nSPS) is 9.54. The second kappa shape index (κ2) is 5.37. The minimum Gasteiger partial charge on any atom is -0.192 e. The largest absolute Gasteiger partial charge is 0.192 e. The molecule has 0 radical (unpaired) electrons. The number of hydrogen-bond acceptors (Lipinski definition) is 1. The second-order valence-corrected chi connectivity index (χ2v) is 3.27. The Hall–Kier alpha value is -1.29. The number of nitrogens with zero attached hydrogens (tertiary/aromatic N) is 1. The van der Waals surface area contributed by atoms with E-state index in [2.05, 4.69) is 13.0 Å². The van der Waals surface area contributed by atoms with Crippen LogP contribution in [0.4, 0.5) is 0 Å². The van der Waals surface area contributed by atoms with Gasteiger partial charge in [-0.05, 0) is 30.5 Å². The van der Waals surface area contributed by atoms with Crippen LogP contribution >= 0.6 is 0 Å². The number of rotatable bonds is 4. The van der Waals surface area contributed by atoms with Crippen LogP contribution in [-0.2, 0) is 6.42 Å². The topological polar surface area (TPSA) is 23.8 Å². The maximum absolute atomic E-state index is 8.59. The van der Waals surface area contributed by atoms with Crippen LogP contribution in [0.3, 0.4) is 0 Å². The van der Waals surface area contributed by atoms with E-state index in [-0.39, 0.29) is 0 Å². The molecule has 0 N–H and O–H groups in total. The Balaban J connectivity index is 2.46. The van der Waals surface area contributed by atoms with E-state index < -0.39 is 0 Å². The van der Waals surface area contributed by atoms with Crippen LogP contribution in [0.2, 0.25) is 0 Å². The number of unbranched alkanes of at least 4 members (excludes halogenated alkanes) is 2. The fraction of sp³-hybridized carbons (Fsp3) is 0.417. The zero-order valence-electron chi connectivity index (χ0n) is 8.09. The summed E-state index contributed by atoms with van der Waals surface area (Å²) in [5, 5.41) is 8.59. The number of nitriles is 1. The Morgan fingerprint density at radius 2 is 1.85 bits per heavy atom. The van der Waals surface area contributed by atoms with Gasteiger partial charge in [-0.3, -0.25) is 0 Å². The van der Waals surface area contributed by atoms with E-state index in [9.17, 15) is 0 Å². The first kappa shape index (κ1) is 9.80. The van der Waals surface area contributed by atoms with Crippen molar-refractivity contribution in [1.82, 2.24) is 0 Å². The molecule has 0 amide bonds. The monoisotopic (exact) mass is 173 g/mol. The van der Waals surface area contributed by atoms with Crippen molar-refractivity contribution in [3.8, 4) is 6.07 Å². The zero-order chi connectivity index (χ0) is 9.52. The molecule has 0 spiro atoms. The van der Waals surface area contributed by atoms with Crippen molar-refractivity contribution in [1.29, 1.82) is 5.26 Å². The van der Waals surface area contributed by atoms with Gasteiger partial charge in [0.1, 0.15) is 0 Å². The van der Waals surface area contributed by atoms with Crippen LogP contribution in [0.1, 0.15) is 37.3 Å². The van der Waals surface area contributed by atoms with Gasteiger partial charge in [0.2, 0.25) is 0 Å². The lowest BCUT2D eigenvalue weighted by Crippen LogP contribution is -1.85. The zero-order valence-corrected chi connectivity index (χ0v) is 8.09. The first-order valence-electron chi connectivity index (χ1n) is 4.86. The third-order valence-corrected chi connectivity index (χ3v) is 2.15. The Labute approximate surface area is 80.0 Å². The van der Waals surface area contributed by atoms with Crippen LogP contribution in [-0.4, -0.2) is 0 Å². The highest BCUT2D eigenvalue weighted by Crippen LogP contribution is 2.07. The molecule has 0 aliphatic rings. The average molecular weight is 173 g/mol. The number of aryl methyl sites for hydroxylation is 1. The maximum Gasteiger partial charge on any atom is 0.0991 e. The molecule has 68 valence electrons. The summed E-state index contributed by atoms with van der Waals surface area (Å²) in [5.41, 5.74) is 2.09. The van der Waals surface area contributed by atoms with E-state index in [1.165, 1.54) is 24.8 Å². The van der Waals surface area contributed by atoms with Crippen LogP contribution in [0.5, 0.6) is 0 Å². The van der Waals surface area contributed by atoms with Gasteiger partial charge in [-0.2, -0.15) is 5.26 Å². The summed E-state index contributed by atoms with van der Waals surface area (Å²) in [4.78, 5) is 0. The molecule has 0 fully saturated rings. The van der Waals surface area contributed by atoms with Crippen LogP contribution in [0, 0.1) is 11.3 Å². The quantitative estimate of drug-likeness (QED) is 0.641. The molecule has 0 unspecified atom stereocenters. The summed E-state index contributed by atoms with van der Waals surface area (Å²) in [5.74, 6) is 0. The van der Waals surface area contributed by atoms with Gasteiger partial charge in [-0.15, -0.1) is 0 Å². The fourth-order valence-electron chi connectivity index (χ4n) is 1.33. The first-order valence-corrected chi connectivity index (χ1v) is 4.86. The summed E-state index contributed by atoms with van der Waals surface area (Å²) in [6, 6.07) is 10.0. The average Bonchev–Trinajstić information content (AvgIpc) is 2.19. The third kappa shape index (κ3) is 3.29. The summed E-state index contributed by atoms with van der Waals surface area (Å²) in [6.07, 6.45) is 4.94. The molecule has 0 heterocycles. The molecule has 0 aromatic heterocycles. The Morgan fingerprint density at radius 1 is 1.15 bits per heavy atom. The van der Waals surface area contributed by atoms with Crippen molar-refractivity contribution < 1.29 is 0 Å². The van der Waals surface area contributed by atoms with Crippen LogP contribution < -0.4 is 0 Å². The van der Waals surface area contributed by atoms with Crippen LogP contribution in [0.25, 0.3) is 0 Å². The van der Waals surface area contributed by atoms with E-state index in [1.54, 1.807) is 0 Å². The van der Waals surface area contributed by atoms with Gasteiger partial charge in [0, 0.05) is 0 Å². The van der Waals surface area contributed by atoms with E-state index in [4.69, 9.17) is 5.26 Å². The number of hydrogen-bond donors (Lipinski definition) is 0. The van der Waals surface area contributed by atoms with Gasteiger partial charge in [0.05, 0.1) is 11.6 Å². The van der Waals surface area contributed by atoms with Gasteiger partial charge in [-0.25, -0.2) is 0 Å². The molecule has 1 aromatic carbocycles. The lowest BCUT2D eigenvalue weighted by molar-refractivity contribution is 0.717. The van der Waals surface area contributed by atoms with Gasteiger partial charge in [-0.1, -0.05) is 31.9 Å². The highest BCUT2D eigenvalue weighted by atomic mass is 14.2. The molecule has 1 rings (SSSR count). The second-order valence-electron chi connectivity index (χ2n) is 3.27. The molecule has 0 saturated carbocycles. The molecule has 0 atom stereocenters. The highest BCUT2D eigenvalue weighted by Gasteiger charge is 1.93. The minimum absolute atomic E-state index is 0.749. The molecule has 0 bridgehead atoms. The SMILES string of the molecule is CCCCCc1ccc(C#N)cc1. The van der Waals surface area contributed by atoms with Crippen molar-refractivity contribution in [2.75, 3.05) is 0 Å². The number of benzene rings is 1. The first-order chi connectivity index (χ1) is 6.36. The summed E-state index contributed by atoms with van der Waals surface area (Å²) in [6.45, 7) is 2.21. The predicted molar refractivity (Wildman–Crippen MR) is 54.4 cm³/mol. The molecule has 1 heteroatoms. The van der Waals surface area contributed by atoms with Crippen molar-refractivity contribution >= 4 is 0 Å². The van der Waals surface area contributed by atoms with E-state index >= 15 is 0 Å². The van der Waals surface area contributed by atoms with Gasteiger partial charge in [0.15, 0.2) is 0 Å². The Morgan fingerprint density at radius 3 is 2.38 bits per heavy atom. The van der Waals surface area contributed by atoms with Gasteiger partial charge in [0.25, 0.3) is 0 Å². The van der Waals surface area contributed by atoms with Crippen molar-refractivity contribution in [2.24, 2.45) is 0 Å². The lowest BCUT2D eigenvalue weighted by atomic mass is 10.1. The Bertz CT molecular complexity index is 279. The third-order valence-electron chi connectivity index (χ3n) is 2.15. The summed E-state index contributed by atoms with van der Waals surface area (Å²) in [7, 11) is 0. The lowest BCUT2D eigenvalue weighted by Gasteiger charge is -1.99. The summed E-state index contributed by atoms with van der Waals surface area (Å²) < 4.78 is 0. The van der Waals surface area contributed by atoms with E-state index in [1.807, 2.05) is 24.3 Å². The van der Waals surface area contributed by atoms with E-state index in [0.717, 1.165) is 12.0 Å². The van der Waals surface area contributed by atoms with Gasteiger partial charge >= 0.3 is 0 Å².